The molecule has 1 heterocycles. The number of ether oxygens (including phenoxy) is 2. The van der Waals surface area contributed by atoms with Gasteiger partial charge in [-0.3, -0.25) is 0 Å². The number of hydrogen-bond donors (Lipinski definition) is 1. The minimum absolute atomic E-state index is 0.167. The first-order chi connectivity index (χ1) is 10.1. The standard InChI is InChI=1S/C14H29N5O2/c1-12(2)11-15-13(3)14-16-17-18-19(14)7-5-6-8-21-10-9-20-4/h12-13,15H,5-11H2,1-4H3. The number of methoxy groups -OCH3 is 1. The molecule has 122 valence electrons. The minimum Gasteiger partial charge on any atom is -0.382 e. The molecule has 1 aromatic heterocycles. The lowest BCUT2D eigenvalue weighted by atomic mass is 10.2. The van der Waals surface area contributed by atoms with E-state index < -0.39 is 0 Å². The van der Waals surface area contributed by atoms with Crippen LogP contribution in [-0.2, 0) is 16.0 Å². The summed E-state index contributed by atoms with van der Waals surface area (Å²) in [5, 5.41) is 15.4. The lowest BCUT2D eigenvalue weighted by Gasteiger charge is -2.15. The van der Waals surface area contributed by atoms with Gasteiger partial charge in [-0.25, -0.2) is 4.68 Å². The molecule has 21 heavy (non-hydrogen) atoms. The third-order valence-corrected chi connectivity index (χ3v) is 3.12. The molecule has 1 aromatic rings. The second kappa shape index (κ2) is 10.6. The monoisotopic (exact) mass is 299 g/mol. The molecule has 7 heteroatoms. The van der Waals surface area contributed by atoms with Gasteiger partial charge in [0.1, 0.15) is 0 Å². The molecule has 0 aliphatic rings. The number of nitrogens with zero attached hydrogens (tertiary/aromatic N) is 4. The first-order valence-electron chi connectivity index (χ1n) is 7.71. The van der Waals surface area contributed by atoms with Crippen LogP contribution in [0.2, 0.25) is 0 Å². The number of hydrogen-bond acceptors (Lipinski definition) is 6. The molecule has 0 amide bonds. The van der Waals surface area contributed by atoms with E-state index in [-0.39, 0.29) is 6.04 Å². The van der Waals surface area contributed by atoms with E-state index in [4.69, 9.17) is 9.47 Å². The molecule has 0 bridgehead atoms. The van der Waals surface area contributed by atoms with E-state index in [0.29, 0.717) is 19.1 Å². The van der Waals surface area contributed by atoms with Gasteiger partial charge in [0.25, 0.3) is 0 Å². The third-order valence-electron chi connectivity index (χ3n) is 3.12. The average Bonchev–Trinajstić information content (AvgIpc) is 2.92. The highest BCUT2D eigenvalue weighted by molar-refractivity contribution is 4.89. The highest BCUT2D eigenvalue weighted by Gasteiger charge is 2.13. The molecular weight excluding hydrogens is 270 g/mol. The van der Waals surface area contributed by atoms with Gasteiger partial charge in [-0.2, -0.15) is 0 Å². The predicted octanol–water partition coefficient (Wildman–Crippen LogP) is 1.42. The summed E-state index contributed by atoms with van der Waals surface area (Å²) >= 11 is 0. The Hall–Kier alpha value is -1.05. The van der Waals surface area contributed by atoms with Crippen molar-refractivity contribution >= 4 is 0 Å². The number of rotatable bonds is 12. The van der Waals surface area contributed by atoms with E-state index in [1.807, 2.05) is 4.68 Å². The maximum atomic E-state index is 5.44. The molecule has 0 aliphatic heterocycles. The van der Waals surface area contributed by atoms with Crippen molar-refractivity contribution in [3.63, 3.8) is 0 Å². The van der Waals surface area contributed by atoms with Crippen LogP contribution in [0.5, 0.6) is 0 Å². The van der Waals surface area contributed by atoms with E-state index >= 15 is 0 Å². The van der Waals surface area contributed by atoms with Crippen LogP contribution in [0.4, 0.5) is 0 Å². The van der Waals surface area contributed by atoms with E-state index in [1.54, 1.807) is 7.11 Å². The molecule has 0 fully saturated rings. The number of aryl methyl sites for hydroxylation is 1. The maximum Gasteiger partial charge on any atom is 0.167 e. The van der Waals surface area contributed by atoms with Crippen molar-refractivity contribution < 1.29 is 9.47 Å². The molecule has 1 unspecified atom stereocenters. The van der Waals surface area contributed by atoms with E-state index in [2.05, 4.69) is 41.6 Å². The quantitative estimate of drug-likeness (QED) is 0.588. The molecule has 0 spiro atoms. The van der Waals surface area contributed by atoms with Gasteiger partial charge in [0.05, 0.1) is 19.3 Å². The van der Waals surface area contributed by atoms with Crippen LogP contribution < -0.4 is 5.32 Å². The molecular formula is C14H29N5O2. The van der Waals surface area contributed by atoms with Crippen LogP contribution in [0.25, 0.3) is 0 Å². The topological polar surface area (TPSA) is 74.1 Å². The molecule has 1 rings (SSSR count). The van der Waals surface area contributed by atoms with Gasteiger partial charge in [-0.05, 0) is 42.7 Å². The molecule has 7 nitrogen and oxygen atoms in total. The van der Waals surface area contributed by atoms with Crippen LogP contribution in [0, 0.1) is 5.92 Å². The van der Waals surface area contributed by atoms with Gasteiger partial charge in [-0.15, -0.1) is 5.10 Å². The number of nitrogens with one attached hydrogen (secondary N) is 1. The number of aromatic nitrogens is 4. The van der Waals surface area contributed by atoms with Crippen LogP contribution in [0.3, 0.4) is 0 Å². The van der Waals surface area contributed by atoms with Crippen LogP contribution in [-0.4, -0.2) is 53.7 Å². The Morgan fingerprint density at radius 2 is 1.95 bits per heavy atom. The summed E-state index contributed by atoms with van der Waals surface area (Å²) in [7, 11) is 1.68. The third kappa shape index (κ3) is 7.50. The van der Waals surface area contributed by atoms with Gasteiger partial charge in [0.2, 0.25) is 0 Å². The molecule has 0 aromatic carbocycles. The Bertz CT molecular complexity index is 370. The van der Waals surface area contributed by atoms with Gasteiger partial charge < -0.3 is 14.8 Å². The summed E-state index contributed by atoms with van der Waals surface area (Å²) in [5.41, 5.74) is 0. The van der Waals surface area contributed by atoms with Crippen molar-refractivity contribution in [3.8, 4) is 0 Å². The molecule has 0 saturated heterocycles. The molecule has 0 radical (unpaired) electrons. The Kier molecular flexibility index (Phi) is 9.12. The lowest BCUT2D eigenvalue weighted by Crippen LogP contribution is -2.26. The smallest absolute Gasteiger partial charge is 0.167 e. The van der Waals surface area contributed by atoms with E-state index in [0.717, 1.165) is 38.4 Å². The summed E-state index contributed by atoms with van der Waals surface area (Å²) in [4.78, 5) is 0. The zero-order chi connectivity index (χ0) is 15.5. The summed E-state index contributed by atoms with van der Waals surface area (Å²) in [6.07, 6.45) is 2.00. The minimum atomic E-state index is 0.167. The summed E-state index contributed by atoms with van der Waals surface area (Å²) in [6.45, 7) is 10.3. The van der Waals surface area contributed by atoms with Crippen molar-refractivity contribution in [3.05, 3.63) is 5.82 Å². The van der Waals surface area contributed by atoms with E-state index in [1.165, 1.54) is 0 Å². The molecule has 0 saturated carbocycles. The second-order valence-corrected chi connectivity index (χ2v) is 5.60. The normalized spacial score (nSPS) is 13.0. The Morgan fingerprint density at radius 1 is 1.14 bits per heavy atom. The second-order valence-electron chi connectivity index (χ2n) is 5.60. The summed E-state index contributed by atoms with van der Waals surface area (Å²) in [5.74, 6) is 1.51. The Morgan fingerprint density at radius 3 is 2.67 bits per heavy atom. The fourth-order valence-electron chi connectivity index (χ4n) is 1.89. The zero-order valence-electron chi connectivity index (χ0n) is 13.7. The molecule has 0 aliphatic carbocycles. The van der Waals surface area contributed by atoms with Gasteiger partial charge >= 0.3 is 0 Å². The molecule has 1 atom stereocenters. The van der Waals surface area contributed by atoms with Crippen LogP contribution in [0.15, 0.2) is 0 Å². The summed E-state index contributed by atoms with van der Waals surface area (Å²) in [6, 6.07) is 0.167. The van der Waals surface area contributed by atoms with Crippen molar-refractivity contribution in [2.45, 2.75) is 46.2 Å². The zero-order valence-corrected chi connectivity index (χ0v) is 13.7. The van der Waals surface area contributed by atoms with Gasteiger partial charge in [0, 0.05) is 20.3 Å². The maximum absolute atomic E-state index is 5.44. The molecule has 1 N–H and O–H groups in total. The van der Waals surface area contributed by atoms with Gasteiger partial charge in [0.15, 0.2) is 5.82 Å². The van der Waals surface area contributed by atoms with Crippen molar-refractivity contribution in [2.24, 2.45) is 5.92 Å². The van der Waals surface area contributed by atoms with Crippen LogP contribution in [0.1, 0.15) is 45.5 Å². The number of tetrazole rings is 1. The van der Waals surface area contributed by atoms with Crippen molar-refractivity contribution in [1.29, 1.82) is 0 Å². The van der Waals surface area contributed by atoms with Crippen LogP contribution >= 0.6 is 0 Å². The van der Waals surface area contributed by atoms with Gasteiger partial charge in [-0.1, -0.05) is 13.8 Å². The lowest BCUT2D eigenvalue weighted by molar-refractivity contribution is 0.0683. The highest BCUT2D eigenvalue weighted by Crippen LogP contribution is 2.09. The highest BCUT2D eigenvalue weighted by atomic mass is 16.5. The fourth-order valence-corrected chi connectivity index (χ4v) is 1.89. The van der Waals surface area contributed by atoms with Crippen molar-refractivity contribution in [1.82, 2.24) is 25.5 Å². The predicted molar refractivity (Wildman–Crippen MR) is 81.0 cm³/mol. The number of unbranched alkanes of at least 4 members (excludes halogenated alkanes) is 1. The van der Waals surface area contributed by atoms with Crippen molar-refractivity contribution in [2.75, 3.05) is 33.5 Å². The average molecular weight is 299 g/mol. The Balaban J connectivity index is 2.25. The Labute approximate surface area is 127 Å². The first-order valence-corrected chi connectivity index (χ1v) is 7.71. The summed E-state index contributed by atoms with van der Waals surface area (Å²) < 4.78 is 12.2. The fraction of sp³-hybridized carbons (Fsp3) is 0.929. The van der Waals surface area contributed by atoms with E-state index in [9.17, 15) is 0 Å². The largest absolute Gasteiger partial charge is 0.382 e. The first kappa shape index (κ1) is 18.0. The SMILES string of the molecule is COCCOCCCCn1nnnc1C(C)NCC(C)C.